The van der Waals surface area contributed by atoms with Gasteiger partial charge < -0.3 is 20.4 Å². The number of nitrogens with one attached hydrogen (secondary N) is 1. The summed E-state index contributed by atoms with van der Waals surface area (Å²) in [6.07, 6.45) is 3.21. The van der Waals surface area contributed by atoms with Crippen LogP contribution in [0.1, 0.15) is 26.2 Å². The predicted octanol–water partition coefficient (Wildman–Crippen LogP) is 0.0512. The lowest BCUT2D eigenvalue weighted by Gasteiger charge is -2.38. The molecule has 0 amide bonds. The van der Waals surface area contributed by atoms with Crippen LogP contribution in [0, 0.1) is 5.92 Å². The van der Waals surface area contributed by atoms with Gasteiger partial charge in [0.15, 0.2) is 0 Å². The Morgan fingerprint density at radius 3 is 2.69 bits per heavy atom. The molecule has 0 aromatic heterocycles. The van der Waals surface area contributed by atoms with Gasteiger partial charge in [0, 0.05) is 32.3 Å². The summed E-state index contributed by atoms with van der Waals surface area (Å²) in [4.78, 5) is 2.47. The summed E-state index contributed by atoms with van der Waals surface area (Å²) in [6.45, 7) is 6.70. The fourth-order valence-corrected chi connectivity index (χ4v) is 2.61. The predicted molar refractivity (Wildman–Crippen MR) is 65.4 cm³/mol. The average molecular weight is 230 g/mol. The molecule has 0 bridgehead atoms. The zero-order chi connectivity index (χ0) is 11.8. The van der Waals surface area contributed by atoms with Crippen LogP contribution < -0.4 is 5.32 Å². The van der Waals surface area contributed by atoms with Crippen LogP contribution in [0.5, 0.6) is 0 Å². The summed E-state index contributed by atoms with van der Waals surface area (Å²) >= 11 is 0. The molecule has 96 valence electrons. The van der Waals surface area contributed by atoms with Crippen LogP contribution in [-0.4, -0.2) is 60.5 Å². The second kappa shape index (κ2) is 8.01. The van der Waals surface area contributed by atoms with Crippen molar-refractivity contribution in [3.8, 4) is 0 Å². The molecule has 16 heavy (non-hydrogen) atoms. The van der Waals surface area contributed by atoms with Gasteiger partial charge in [0.05, 0.1) is 6.61 Å². The van der Waals surface area contributed by atoms with E-state index >= 15 is 0 Å². The molecule has 1 saturated heterocycles. The maximum absolute atomic E-state index is 9.02. The lowest BCUT2D eigenvalue weighted by atomic mass is 9.91. The largest absolute Gasteiger partial charge is 0.396 e. The molecule has 2 unspecified atom stereocenters. The first-order chi connectivity index (χ1) is 7.80. The number of likely N-dealkylation sites (tertiary alicyclic amines) is 1. The van der Waals surface area contributed by atoms with Crippen LogP contribution in [-0.2, 0) is 0 Å². The summed E-state index contributed by atoms with van der Waals surface area (Å²) < 4.78 is 0. The van der Waals surface area contributed by atoms with Gasteiger partial charge in [0.1, 0.15) is 0 Å². The van der Waals surface area contributed by atoms with Crippen LogP contribution in [0.2, 0.25) is 0 Å². The summed E-state index contributed by atoms with van der Waals surface area (Å²) in [5.41, 5.74) is 0. The quantitative estimate of drug-likeness (QED) is 0.578. The number of piperidine rings is 1. The molecule has 0 radical (unpaired) electrons. The minimum atomic E-state index is 0.203. The Bertz CT molecular complexity index is 164. The minimum Gasteiger partial charge on any atom is -0.396 e. The van der Waals surface area contributed by atoms with E-state index < -0.39 is 0 Å². The zero-order valence-electron chi connectivity index (χ0n) is 10.4. The number of aliphatic hydroxyl groups excluding tert-OH is 2. The summed E-state index contributed by atoms with van der Waals surface area (Å²) in [7, 11) is 0. The monoisotopic (exact) mass is 230 g/mol. The van der Waals surface area contributed by atoms with Crippen molar-refractivity contribution in [2.24, 2.45) is 5.92 Å². The Balaban J connectivity index is 2.38. The molecule has 4 heteroatoms. The highest BCUT2D eigenvalue weighted by Crippen LogP contribution is 2.19. The van der Waals surface area contributed by atoms with E-state index in [0.717, 1.165) is 32.5 Å². The molecular weight excluding hydrogens is 204 g/mol. The number of hydrogen-bond donors (Lipinski definition) is 3. The highest BCUT2D eigenvalue weighted by Gasteiger charge is 2.25. The third-order valence-corrected chi connectivity index (χ3v) is 3.23. The molecule has 0 aromatic rings. The first kappa shape index (κ1) is 13.9. The normalized spacial score (nSPS) is 27.2. The molecule has 0 spiro atoms. The maximum Gasteiger partial charge on any atom is 0.0556 e. The topological polar surface area (TPSA) is 55.7 Å². The van der Waals surface area contributed by atoms with Crippen molar-refractivity contribution in [2.75, 3.05) is 39.4 Å². The van der Waals surface area contributed by atoms with Crippen molar-refractivity contribution in [1.82, 2.24) is 10.2 Å². The summed E-state index contributed by atoms with van der Waals surface area (Å²) in [6, 6.07) is 0.476. The molecule has 4 nitrogen and oxygen atoms in total. The molecule has 0 aromatic carbocycles. The number of hydrogen-bond acceptors (Lipinski definition) is 4. The molecule has 1 rings (SSSR count). The van der Waals surface area contributed by atoms with Crippen molar-refractivity contribution in [3.05, 3.63) is 0 Å². The Labute approximate surface area is 98.6 Å². The number of nitrogens with zero attached hydrogens (tertiary/aromatic N) is 1. The Morgan fingerprint density at radius 1 is 1.25 bits per heavy atom. The summed E-state index contributed by atoms with van der Waals surface area (Å²) in [5.74, 6) is 0.599. The van der Waals surface area contributed by atoms with Gasteiger partial charge in [-0.1, -0.05) is 6.92 Å². The highest BCUT2D eigenvalue weighted by molar-refractivity contribution is 4.83. The lowest BCUT2D eigenvalue weighted by molar-refractivity contribution is 0.118. The summed E-state index contributed by atoms with van der Waals surface area (Å²) in [5, 5.41) is 21.2. The van der Waals surface area contributed by atoms with Gasteiger partial charge in [-0.05, 0) is 31.7 Å². The van der Waals surface area contributed by atoms with Crippen molar-refractivity contribution in [1.29, 1.82) is 0 Å². The van der Waals surface area contributed by atoms with Crippen molar-refractivity contribution >= 4 is 0 Å². The average Bonchev–Trinajstić information content (AvgIpc) is 2.27. The van der Waals surface area contributed by atoms with E-state index in [2.05, 4.69) is 17.1 Å². The number of rotatable bonds is 7. The number of aliphatic hydroxyl groups is 2. The van der Waals surface area contributed by atoms with E-state index in [4.69, 9.17) is 10.2 Å². The van der Waals surface area contributed by atoms with Gasteiger partial charge in [-0.15, -0.1) is 0 Å². The SMILES string of the molecule is CCCN1CC(CCO)CC(NCCO)C1. The first-order valence-electron chi connectivity index (χ1n) is 6.47. The van der Waals surface area contributed by atoms with Gasteiger partial charge in [-0.2, -0.15) is 0 Å². The third kappa shape index (κ3) is 4.78. The van der Waals surface area contributed by atoms with Gasteiger partial charge >= 0.3 is 0 Å². The fourth-order valence-electron chi connectivity index (χ4n) is 2.61. The Kier molecular flexibility index (Phi) is 6.96. The molecular formula is C12H26N2O2. The molecule has 3 N–H and O–H groups in total. The van der Waals surface area contributed by atoms with Crippen LogP contribution in [0.4, 0.5) is 0 Å². The van der Waals surface area contributed by atoms with E-state index in [0.29, 0.717) is 18.5 Å². The zero-order valence-corrected chi connectivity index (χ0v) is 10.4. The van der Waals surface area contributed by atoms with Crippen LogP contribution >= 0.6 is 0 Å². The molecule has 1 heterocycles. The molecule has 0 aliphatic carbocycles. The smallest absolute Gasteiger partial charge is 0.0556 e. The second-order valence-corrected chi connectivity index (χ2v) is 4.75. The van der Waals surface area contributed by atoms with Crippen LogP contribution in [0.25, 0.3) is 0 Å². The molecule has 1 aliphatic heterocycles. The second-order valence-electron chi connectivity index (χ2n) is 4.75. The van der Waals surface area contributed by atoms with Gasteiger partial charge in [0.25, 0.3) is 0 Å². The van der Waals surface area contributed by atoms with Crippen molar-refractivity contribution in [3.63, 3.8) is 0 Å². The Hall–Kier alpha value is -0.160. The Morgan fingerprint density at radius 2 is 2.06 bits per heavy atom. The lowest BCUT2D eigenvalue weighted by Crippen LogP contribution is -2.50. The van der Waals surface area contributed by atoms with E-state index in [1.807, 2.05) is 0 Å². The van der Waals surface area contributed by atoms with Gasteiger partial charge in [-0.3, -0.25) is 0 Å². The fraction of sp³-hybridized carbons (Fsp3) is 1.00. The van der Waals surface area contributed by atoms with Gasteiger partial charge in [-0.25, -0.2) is 0 Å². The minimum absolute atomic E-state index is 0.203. The first-order valence-corrected chi connectivity index (χ1v) is 6.47. The van der Waals surface area contributed by atoms with Crippen molar-refractivity contribution < 1.29 is 10.2 Å². The van der Waals surface area contributed by atoms with E-state index in [-0.39, 0.29) is 13.2 Å². The van der Waals surface area contributed by atoms with Crippen LogP contribution in [0.3, 0.4) is 0 Å². The van der Waals surface area contributed by atoms with E-state index in [1.165, 1.54) is 6.42 Å². The van der Waals surface area contributed by atoms with Crippen LogP contribution in [0.15, 0.2) is 0 Å². The van der Waals surface area contributed by atoms with Crippen molar-refractivity contribution in [2.45, 2.75) is 32.2 Å². The standard InChI is InChI=1S/C12H26N2O2/c1-2-5-14-9-11(3-6-15)8-12(10-14)13-4-7-16/h11-13,15-16H,2-10H2,1H3. The van der Waals surface area contributed by atoms with E-state index in [1.54, 1.807) is 0 Å². The molecule has 1 fully saturated rings. The highest BCUT2D eigenvalue weighted by atomic mass is 16.3. The molecule has 1 aliphatic rings. The van der Waals surface area contributed by atoms with Gasteiger partial charge in [0.2, 0.25) is 0 Å². The molecule has 2 atom stereocenters. The third-order valence-electron chi connectivity index (χ3n) is 3.23. The van der Waals surface area contributed by atoms with E-state index in [9.17, 15) is 0 Å². The maximum atomic E-state index is 9.02. The molecule has 0 saturated carbocycles.